The van der Waals surface area contributed by atoms with Crippen molar-refractivity contribution in [2.24, 2.45) is 0 Å². The monoisotopic (exact) mass is 377 g/mol. The van der Waals surface area contributed by atoms with Crippen molar-refractivity contribution in [2.75, 3.05) is 20.6 Å². The Kier molecular flexibility index (Phi) is 5.45. The lowest BCUT2D eigenvalue weighted by Gasteiger charge is -2.20. The molecule has 0 saturated heterocycles. The molecule has 1 amide bonds. The molecule has 0 unspecified atom stereocenters. The van der Waals surface area contributed by atoms with E-state index in [-0.39, 0.29) is 23.2 Å². The smallest absolute Gasteiger partial charge is 0.252 e. The van der Waals surface area contributed by atoms with Gasteiger partial charge in [-0.05, 0) is 19.1 Å². The summed E-state index contributed by atoms with van der Waals surface area (Å²) in [6, 6.07) is 4.65. The Bertz CT molecular complexity index is 800. The molecule has 2 heterocycles. The van der Waals surface area contributed by atoms with E-state index >= 15 is 0 Å². The van der Waals surface area contributed by atoms with Crippen molar-refractivity contribution < 1.29 is 17.7 Å². The van der Waals surface area contributed by atoms with Gasteiger partial charge < -0.3 is 9.42 Å². The Morgan fingerprint density at radius 2 is 2.09 bits per heavy atom. The van der Waals surface area contributed by atoms with Gasteiger partial charge in [0.25, 0.3) is 10.0 Å². The fourth-order valence-electron chi connectivity index (χ4n) is 1.81. The minimum atomic E-state index is -3.73. The molecule has 0 aliphatic carbocycles. The van der Waals surface area contributed by atoms with E-state index in [9.17, 15) is 13.2 Å². The number of carbonyl (C=O) groups excluding carboxylic acids is 1. The number of rotatable bonds is 6. The van der Waals surface area contributed by atoms with Crippen LogP contribution in [0, 0.1) is 6.92 Å². The number of hydrogen-bond donors (Lipinski definition) is 0. The summed E-state index contributed by atoms with van der Waals surface area (Å²) in [7, 11) is -0.795. The Balaban J connectivity index is 2.01. The molecule has 0 bridgehead atoms. The van der Waals surface area contributed by atoms with Crippen LogP contribution in [0.3, 0.4) is 0 Å². The molecular weight excluding hydrogens is 362 g/mol. The standard InChI is InChI=1S/C13H16ClN3O4S2/c1-9-6-10(15-21-9)7-16(2)12(18)8-17(3)23(19,20)13-5-4-11(14)22-13/h4-6H,7-8H2,1-3H3. The molecule has 0 spiro atoms. The molecule has 23 heavy (non-hydrogen) atoms. The van der Waals surface area contributed by atoms with E-state index in [2.05, 4.69) is 5.16 Å². The third-order valence-electron chi connectivity index (χ3n) is 3.07. The van der Waals surface area contributed by atoms with Gasteiger partial charge >= 0.3 is 0 Å². The van der Waals surface area contributed by atoms with E-state index < -0.39 is 10.0 Å². The minimum absolute atomic E-state index is 0.104. The van der Waals surface area contributed by atoms with Gasteiger partial charge in [0.2, 0.25) is 5.91 Å². The summed E-state index contributed by atoms with van der Waals surface area (Å²) in [4.78, 5) is 13.6. The van der Waals surface area contributed by atoms with Gasteiger partial charge in [0.1, 0.15) is 15.7 Å². The van der Waals surface area contributed by atoms with Crippen LogP contribution in [0.25, 0.3) is 0 Å². The van der Waals surface area contributed by atoms with Crippen molar-refractivity contribution in [1.82, 2.24) is 14.4 Å². The summed E-state index contributed by atoms with van der Waals surface area (Å²) in [5.74, 6) is 0.300. The SMILES string of the molecule is Cc1cc(CN(C)C(=O)CN(C)S(=O)(=O)c2ccc(Cl)s2)no1. The third-order valence-corrected chi connectivity index (χ3v) is 6.57. The van der Waals surface area contributed by atoms with Gasteiger partial charge in [-0.15, -0.1) is 11.3 Å². The van der Waals surface area contributed by atoms with Crippen molar-refractivity contribution >= 4 is 38.9 Å². The van der Waals surface area contributed by atoms with E-state index in [1.807, 2.05) is 0 Å². The molecule has 0 N–H and O–H groups in total. The maximum atomic E-state index is 12.3. The molecule has 2 aromatic rings. The van der Waals surface area contributed by atoms with Crippen LogP contribution in [0.1, 0.15) is 11.5 Å². The topological polar surface area (TPSA) is 83.7 Å². The third kappa shape index (κ3) is 4.31. The van der Waals surface area contributed by atoms with Gasteiger partial charge in [0.15, 0.2) is 0 Å². The first kappa shape index (κ1) is 17.9. The van der Waals surface area contributed by atoms with Crippen LogP contribution in [-0.4, -0.2) is 49.3 Å². The number of hydrogen-bond acceptors (Lipinski definition) is 6. The molecule has 0 aromatic carbocycles. The summed E-state index contributed by atoms with van der Waals surface area (Å²) >= 11 is 6.72. The van der Waals surface area contributed by atoms with Crippen molar-refractivity contribution in [3.05, 3.63) is 34.0 Å². The Morgan fingerprint density at radius 1 is 1.39 bits per heavy atom. The Hall–Kier alpha value is -1.42. The van der Waals surface area contributed by atoms with Crippen LogP contribution in [-0.2, 0) is 21.4 Å². The van der Waals surface area contributed by atoms with Gasteiger partial charge in [0.05, 0.1) is 17.4 Å². The fourth-order valence-corrected chi connectivity index (χ4v) is 4.62. The predicted molar refractivity (Wildman–Crippen MR) is 86.9 cm³/mol. The highest BCUT2D eigenvalue weighted by atomic mass is 35.5. The number of sulfonamides is 1. The van der Waals surface area contributed by atoms with Crippen LogP contribution in [0.5, 0.6) is 0 Å². The van der Waals surface area contributed by atoms with E-state index in [1.165, 1.54) is 24.1 Å². The zero-order chi connectivity index (χ0) is 17.2. The van der Waals surface area contributed by atoms with E-state index in [0.29, 0.717) is 15.8 Å². The van der Waals surface area contributed by atoms with Crippen molar-refractivity contribution in [3.8, 4) is 0 Å². The number of aryl methyl sites for hydroxylation is 1. The second kappa shape index (κ2) is 7.00. The van der Waals surface area contributed by atoms with Crippen LogP contribution < -0.4 is 0 Å². The molecule has 2 aromatic heterocycles. The zero-order valence-electron chi connectivity index (χ0n) is 12.8. The lowest BCUT2D eigenvalue weighted by molar-refractivity contribution is -0.130. The average molecular weight is 378 g/mol. The van der Waals surface area contributed by atoms with Crippen LogP contribution in [0.4, 0.5) is 0 Å². The molecule has 2 rings (SSSR count). The fraction of sp³-hybridized carbons (Fsp3) is 0.385. The summed E-state index contributed by atoms with van der Waals surface area (Å²) in [5.41, 5.74) is 0.605. The number of aromatic nitrogens is 1. The minimum Gasteiger partial charge on any atom is -0.361 e. The van der Waals surface area contributed by atoms with Gasteiger partial charge in [-0.25, -0.2) is 8.42 Å². The number of carbonyl (C=O) groups is 1. The first-order valence-electron chi connectivity index (χ1n) is 6.58. The summed E-state index contributed by atoms with van der Waals surface area (Å²) in [5, 5.41) is 3.80. The maximum Gasteiger partial charge on any atom is 0.252 e. The number of nitrogens with zero attached hydrogens (tertiary/aromatic N) is 3. The zero-order valence-corrected chi connectivity index (χ0v) is 15.2. The second-order valence-corrected chi connectivity index (χ2v) is 8.99. The highest BCUT2D eigenvalue weighted by molar-refractivity contribution is 7.91. The Morgan fingerprint density at radius 3 is 2.61 bits per heavy atom. The number of halogens is 1. The van der Waals surface area contributed by atoms with E-state index in [4.69, 9.17) is 16.1 Å². The van der Waals surface area contributed by atoms with Gasteiger partial charge in [0, 0.05) is 20.2 Å². The van der Waals surface area contributed by atoms with Gasteiger partial charge in [-0.2, -0.15) is 4.31 Å². The summed E-state index contributed by atoms with van der Waals surface area (Å²) in [6.07, 6.45) is 0. The number of amides is 1. The molecule has 7 nitrogen and oxygen atoms in total. The quantitative estimate of drug-likeness (QED) is 0.768. The normalized spacial score (nSPS) is 11.9. The molecule has 0 aliphatic rings. The largest absolute Gasteiger partial charge is 0.361 e. The molecule has 10 heteroatoms. The Labute approximate surface area is 143 Å². The first-order valence-corrected chi connectivity index (χ1v) is 9.21. The lowest BCUT2D eigenvalue weighted by Crippen LogP contribution is -2.38. The second-order valence-electron chi connectivity index (χ2n) is 5.00. The molecule has 126 valence electrons. The summed E-state index contributed by atoms with van der Waals surface area (Å²) < 4.78 is 31.1. The molecular formula is C13H16ClN3O4S2. The molecule has 0 saturated carbocycles. The van der Waals surface area contributed by atoms with E-state index in [1.54, 1.807) is 20.0 Å². The van der Waals surface area contributed by atoms with Crippen molar-refractivity contribution in [2.45, 2.75) is 17.7 Å². The van der Waals surface area contributed by atoms with Crippen molar-refractivity contribution in [3.63, 3.8) is 0 Å². The highest BCUT2D eigenvalue weighted by Crippen LogP contribution is 2.27. The average Bonchev–Trinajstić information content (AvgIpc) is 3.07. The molecule has 0 fully saturated rings. The maximum absolute atomic E-state index is 12.3. The van der Waals surface area contributed by atoms with Gasteiger partial charge in [-0.1, -0.05) is 16.8 Å². The molecule has 0 aliphatic heterocycles. The first-order chi connectivity index (χ1) is 10.7. The number of likely N-dealkylation sites (N-methyl/N-ethyl adjacent to an activating group) is 2. The van der Waals surface area contributed by atoms with Crippen molar-refractivity contribution in [1.29, 1.82) is 0 Å². The number of thiophene rings is 1. The summed E-state index contributed by atoms with van der Waals surface area (Å²) in [6.45, 7) is 1.73. The van der Waals surface area contributed by atoms with Crippen LogP contribution in [0.2, 0.25) is 4.34 Å². The van der Waals surface area contributed by atoms with E-state index in [0.717, 1.165) is 15.6 Å². The van der Waals surface area contributed by atoms with Crippen LogP contribution in [0.15, 0.2) is 26.9 Å². The molecule has 0 radical (unpaired) electrons. The predicted octanol–water partition coefficient (Wildman–Crippen LogP) is 1.98. The van der Waals surface area contributed by atoms with Gasteiger partial charge in [-0.3, -0.25) is 4.79 Å². The van der Waals surface area contributed by atoms with Crippen LogP contribution >= 0.6 is 22.9 Å². The molecule has 0 atom stereocenters. The lowest BCUT2D eigenvalue weighted by atomic mass is 10.3. The highest BCUT2D eigenvalue weighted by Gasteiger charge is 2.26.